The van der Waals surface area contributed by atoms with Gasteiger partial charge >= 0.3 is 0 Å². The lowest BCUT2D eigenvalue weighted by Gasteiger charge is -2.07. The molecule has 0 aliphatic heterocycles. The maximum Gasteiger partial charge on any atom is 0.129 e. The Bertz CT molecular complexity index is 324. The molecule has 0 saturated heterocycles. The summed E-state index contributed by atoms with van der Waals surface area (Å²) in [5, 5.41) is 0. The number of rotatable bonds is 3. The van der Waals surface area contributed by atoms with Gasteiger partial charge in [0.25, 0.3) is 0 Å². The first-order chi connectivity index (χ1) is 6.54. The van der Waals surface area contributed by atoms with Crippen LogP contribution in [-0.4, -0.2) is 6.04 Å². The highest BCUT2D eigenvalue weighted by molar-refractivity contribution is 5.26. The highest BCUT2D eigenvalue weighted by Gasteiger charge is 2.08. The summed E-state index contributed by atoms with van der Waals surface area (Å²) in [6.45, 7) is 4.91. The van der Waals surface area contributed by atoms with E-state index in [4.69, 9.17) is 5.73 Å². The topological polar surface area (TPSA) is 26.0 Å². The van der Waals surface area contributed by atoms with E-state index in [0.29, 0.717) is 12.0 Å². The van der Waals surface area contributed by atoms with E-state index in [0.717, 1.165) is 0 Å². The second-order valence-electron chi connectivity index (χ2n) is 3.29. The molecule has 0 saturated carbocycles. The summed E-state index contributed by atoms with van der Waals surface area (Å²) in [6.07, 6.45) is 1.95. The van der Waals surface area contributed by atoms with Crippen LogP contribution in [0.3, 0.4) is 0 Å². The quantitative estimate of drug-likeness (QED) is 0.739. The van der Waals surface area contributed by atoms with Crippen molar-refractivity contribution in [2.45, 2.75) is 19.4 Å². The minimum absolute atomic E-state index is 0.0425. The second kappa shape index (κ2) is 4.33. The van der Waals surface area contributed by atoms with Gasteiger partial charge in [-0.25, -0.2) is 8.78 Å². The van der Waals surface area contributed by atoms with E-state index in [1.54, 1.807) is 6.08 Å². The van der Waals surface area contributed by atoms with E-state index in [1.165, 1.54) is 19.1 Å². The lowest BCUT2D eigenvalue weighted by atomic mass is 10.0. The highest BCUT2D eigenvalue weighted by Crippen LogP contribution is 2.15. The Balaban J connectivity index is 2.95. The number of halogens is 2. The molecule has 0 bridgehead atoms. The Morgan fingerprint density at radius 2 is 1.93 bits per heavy atom. The van der Waals surface area contributed by atoms with E-state index < -0.39 is 11.6 Å². The normalized spacial score (nSPS) is 12.6. The van der Waals surface area contributed by atoms with Crippen molar-refractivity contribution in [3.05, 3.63) is 47.5 Å². The van der Waals surface area contributed by atoms with Crippen molar-refractivity contribution >= 4 is 0 Å². The number of nitrogens with two attached hydrogens (primary N) is 1. The third-order valence-electron chi connectivity index (χ3n) is 2.11. The molecule has 0 radical (unpaired) electrons. The van der Waals surface area contributed by atoms with Crippen molar-refractivity contribution in [1.82, 2.24) is 0 Å². The lowest BCUT2D eigenvalue weighted by molar-refractivity contribution is 0.563. The summed E-state index contributed by atoms with van der Waals surface area (Å²) in [6, 6.07) is 2.35. The third-order valence-corrected chi connectivity index (χ3v) is 2.11. The first kappa shape index (κ1) is 10.9. The molecule has 0 aliphatic rings. The van der Waals surface area contributed by atoms with Crippen LogP contribution < -0.4 is 5.73 Å². The molecule has 14 heavy (non-hydrogen) atoms. The van der Waals surface area contributed by atoms with Gasteiger partial charge in [-0.15, -0.1) is 6.58 Å². The van der Waals surface area contributed by atoms with Crippen molar-refractivity contribution in [2.24, 2.45) is 5.73 Å². The molecule has 0 aliphatic carbocycles. The number of hydrogen-bond acceptors (Lipinski definition) is 1. The zero-order chi connectivity index (χ0) is 10.7. The van der Waals surface area contributed by atoms with Gasteiger partial charge in [-0.2, -0.15) is 0 Å². The Morgan fingerprint density at radius 3 is 2.36 bits per heavy atom. The largest absolute Gasteiger partial charge is 0.324 e. The maximum absolute atomic E-state index is 13.1. The fourth-order valence-electron chi connectivity index (χ4n) is 1.17. The molecule has 0 amide bonds. The van der Waals surface area contributed by atoms with Gasteiger partial charge in [0.1, 0.15) is 11.6 Å². The monoisotopic (exact) mass is 197 g/mol. The van der Waals surface area contributed by atoms with Crippen LogP contribution in [0.5, 0.6) is 0 Å². The first-order valence-corrected chi connectivity index (χ1v) is 4.37. The van der Waals surface area contributed by atoms with Crippen LogP contribution in [0.1, 0.15) is 11.1 Å². The van der Waals surface area contributed by atoms with Crippen molar-refractivity contribution in [3.63, 3.8) is 0 Å². The van der Waals surface area contributed by atoms with Gasteiger partial charge < -0.3 is 5.73 Å². The molecule has 3 heteroatoms. The van der Waals surface area contributed by atoms with Crippen LogP contribution in [-0.2, 0) is 6.42 Å². The molecule has 0 heterocycles. The molecule has 0 fully saturated rings. The van der Waals surface area contributed by atoms with Crippen LogP contribution in [0.4, 0.5) is 8.78 Å². The predicted octanol–water partition coefficient (Wildman–Crippen LogP) is 2.33. The van der Waals surface area contributed by atoms with Crippen LogP contribution in [0, 0.1) is 18.6 Å². The van der Waals surface area contributed by atoms with Gasteiger partial charge in [0, 0.05) is 11.6 Å². The predicted molar refractivity (Wildman–Crippen MR) is 53.0 cm³/mol. The van der Waals surface area contributed by atoms with E-state index in [1.807, 2.05) is 0 Å². The Kier molecular flexibility index (Phi) is 3.36. The molecular weight excluding hydrogens is 184 g/mol. The molecule has 1 nitrogen and oxygen atoms in total. The minimum atomic E-state index is -0.531. The van der Waals surface area contributed by atoms with Gasteiger partial charge in [0.05, 0.1) is 0 Å². The molecular formula is C11H13F2N. The summed E-state index contributed by atoms with van der Waals surface area (Å²) < 4.78 is 26.2. The van der Waals surface area contributed by atoms with Gasteiger partial charge in [-0.1, -0.05) is 6.08 Å². The van der Waals surface area contributed by atoms with Crippen molar-refractivity contribution < 1.29 is 8.78 Å². The smallest absolute Gasteiger partial charge is 0.129 e. The molecule has 0 aromatic heterocycles. The van der Waals surface area contributed by atoms with Crippen LogP contribution >= 0.6 is 0 Å². The summed E-state index contributed by atoms with van der Waals surface area (Å²) in [5.41, 5.74) is 6.18. The van der Waals surface area contributed by atoms with Gasteiger partial charge in [0.2, 0.25) is 0 Å². The van der Waals surface area contributed by atoms with Gasteiger partial charge in [0.15, 0.2) is 0 Å². The third kappa shape index (κ3) is 2.39. The molecule has 1 unspecified atom stereocenters. The van der Waals surface area contributed by atoms with Crippen LogP contribution in [0.25, 0.3) is 0 Å². The molecule has 1 aromatic carbocycles. The van der Waals surface area contributed by atoms with E-state index in [-0.39, 0.29) is 11.6 Å². The fourth-order valence-corrected chi connectivity index (χ4v) is 1.17. The summed E-state index contributed by atoms with van der Waals surface area (Å²) in [5.74, 6) is -1.06. The molecule has 1 rings (SSSR count). The van der Waals surface area contributed by atoms with Crippen LogP contribution in [0.2, 0.25) is 0 Å². The maximum atomic E-state index is 13.1. The van der Waals surface area contributed by atoms with Crippen LogP contribution in [0.15, 0.2) is 24.8 Å². The summed E-state index contributed by atoms with van der Waals surface area (Å²) in [7, 11) is 0. The first-order valence-electron chi connectivity index (χ1n) is 4.37. The van der Waals surface area contributed by atoms with E-state index in [2.05, 4.69) is 6.58 Å². The van der Waals surface area contributed by atoms with E-state index in [9.17, 15) is 8.78 Å². The SMILES string of the molecule is C=CC(N)Cc1cc(F)c(C)c(F)c1. The Labute approximate surface area is 82.2 Å². The minimum Gasteiger partial charge on any atom is -0.324 e. The second-order valence-corrected chi connectivity index (χ2v) is 3.29. The van der Waals surface area contributed by atoms with Crippen molar-refractivity contribution in [3.8, 4) is 0 Å². The van der Waals surface area contributed by atoms with Gasteiger partial charge in [-0.05, 0) is 31.0 Å². The zero-order valence-corrected chi connectivity index (χ0v) is 8.06. The summed E-state index contributed by atoms with van der Waals surface area (Å²) >= 11 is 0. The molecule has 76 valence electrons. The average Bonchev–Trinajstić information content (AvgIpc) is 2.14. The number of hydrogen-bond donors (Lipinski definition) is 1. The molecule has 1 aromatic rings. The van der Waals surface area contributed by atoms with Crippen molar-refractivity contribution in [2.75, 3.05) is 0 Å². The number of benzene rings is 1. The lowest BCUT2D eigenvalue weighted by Crippen LogP contribution is -2.19. The Morgan fingerprint density at radius 1 is 1.43 bits per heavy atom. The van der Waals surface area contributed by atoms with E-state index >= 15 is 0 Å². The summed E-state index contributed by atoms with van der Waals surface area (Å²) in [4.78, 5) is 0. The zero-order valence-electron chi connectivity index (χ0n) is 8.06. The molecule has 2 N–H and O–H groups in total. The van der Waals surface area contributed by atoms with Gasteiger partial charge in [-0.3, -0.25) is 0 Å². The molecule has 0 spiro atoms. The Hall–Kier alpha value is -1.22. The fraction of sp³-hybridized carbons (Fsp3) is 0.273. The standard InChI is InChI=1S/C11H13F2N/c1-3-9(14)4-8-5-10(12)7(2)11(13)6-8/h3,5-6,9H,1,4,14H2,2H3. The van der Waals surface area contributed by atoms with Crippen molar-refractivity contribution in [1.29, 1.82) is 0 Å². The molecule has 1 atom stereocenters. The average molecular weight is 197 g/mol. The highest BCUT2D eigenvalue weighted by atomic mass is 19.1.